The summed E-state index contributed by atoms with van der Waals surface area (Å²) in [5.74, 6) is -1.51. The Hall–Kier alpha value is -2.24. The number of benzene rings is 1. The molecule has 1 aromatic heterocycles. The molecular formula is C11H9F2N3O. The minimum Gasteiger partial charge on any atom is -0.383 e. The number of nitrogens with two attached hydrogens (primary N) is 1. The van der Waals surface area contributed by atoms with Crippen molar-refractivity contribution in [2.24, 2.45) is 0 Å². The number of aromatic amines is 1. The molecule has 0 saturated carbocycles. The van der Waals surface area contributed by atoms with E-state index in [1.807, 2.05) is 0 Å². The number of H-pyrrole nitrogens is 1. The van der Waals surface area contributed by atoms with Crippen molar-refractivity contribution in [1.29, 1.82) is 0 Å². The lowest BCUT2D eigenvalue weighted by Crippen LogP contribution is -2.07. The fourth-order valence-corrected chi connectivity index (χ4v) is 1.47. The van der Waals surface area contributed by atoms with Crippen LogP contribution in [0, 0.1) is 11.6 Å². The highest BCUT2D eigenvalue weighted by atomic mass is 19.1. The van der Waals surface area contributed by atoms with E-state index in [9.17, 15) is 13.6 Å². The molecule has 0 bridgehead atoms. The van der Waals surface area contributed by atoms with Crippen molar-refractivity contribution in [2.75, 3.05) is 5.73 Å². The summed E-state index contributed by atoms with van der Waals surface area (Å²) in [5.41, 5.74) is 5.63. The molecule has 2 aromatic rings. The first kappa shape index (κ1) is 11.3. The Morgan fingerprint density at radius 3 is 2.82 bits per heavy atom. The topological polar surface area (TPSA) is 71.8 Å². The standard InChI is InChI=1S/C11H9F2N3O/c12-7-1-2-9(13)6(3-7)4-10(17)8-5-15-16-11(8)14/h1-3,5H,4H2,(H3,14,15,16). The first-order chi connectivity index (χ1) is 8.08. The molecule has 1 aromatic carbocycles. The molecule has 0 aliphatic rings. The van der Waals surface area contributed by atoms with Gasteiger partial charge in [-0.15, -0.1) is 0 Å². The minimum absolute atomic E-state index is 0.00407. The maximum atomic E-state index is 13.3. The molecule has 88 valence electrons. The van der Waals surface area contributed by atoms with E-state index >= 15 is 0 Å². The second-order valence-electron chi connectivity index (χ2n) is 3.53. The number of hydrogen-bond acceptors (Lipinski definition) is 3. The average molecular weight is 237 g/mol. The highest BCUT2D eigenvalue weighted by Crippen LogP contribution is 2.15. The van der Waals surface area contributed by atoms with Crippen LogP contribution < -0.4 is 5.73 Å². The van der Waals surface area contributed by atoms with Gasteiger partial charge in [0.15, 0.2) is 5.78 Å². The van der Waals surface area contributed by atoms with E-state index < -0.39 is 17.4 Å². The Morgan fingerprint density at radius 2 is 2.18 bits per heavy atom. The van der Waals surface area contributed by atoms with Gasteiger partial charge in [-0.1, -0.05) is 0 Å². The summed E-state index contributed by atoms with van der Waals surface area (Å²) >= 11 is 0. The van der Waals surface area contributed by atoms with E-state index in [1.54, 1.807) is 0 Å². The Bertz CT molecular complexity index is 566. The fourth-order valence-electron chi connectivity index (χ4n) is 1.47. The summed E-state index contributed by atoms with van der Waals surface area (Å²) in [7, 11) is 0. The lowest BCUT2D eigenvalue weighted by Gasteiger charge is -2.02. The Morgan fingerprint density at radius 1 is 1.41 bits per heavy atom. The predicted molar refractivity (Wildman–Crippen MR) is 57.4 cm³/mol. The largest absolute Gasteiger partial charge is 0.383 e. The number of anilines is 1. The summed E-state index contributed by atoms with van der Waals surface area (Å²) in [4.78, 5) is 11.7. The number of carbonyl (C=O) groups is 1. The van der Waals surface area contributed by atoms with E-state index in [1.165, 1.54) is 6.20 Å². The van der Waals surface area contributed by atoms with Crippen LogP contribution in [0.2, 0.25) is 0 Å². The quantitative estimate of drug-likeness (QED) is 0.798. The number of aromatic nitrogens is 2. The van der Waals surface area contributed by atoms with E-state index in [2.05, 4.69) is 10.2 Å². The van der Waals surface area contributed by atoms with Gasteiger partial charge in [-0.3, -0.25) is 9.89 Å². The lowest BCUT2D eigenvalue weighted by molar-refractivity contribution is 0.0992. The van der Waals surface area contributed by atoms with Crippen LogP contribution in [0.3, 0.4) is 0 Å². The molecule has 3 N–H and O–H groups in total. The van der Waals surface area contributed by atoms with Gasteiger partial charge in [0.25, 0.3) is 0 Å². The van der Waals surface area contributed by atoms with Gasteiger partial charge >= 0.3 is 0 Å². The van der Waals surface area contributed by atoms with Crippen molar-refractivity contribution < 1.29 is 13.6 Å². The van der Waals surface area contributed by atoms with Gasteiger partial charge in [0.1, 0.15) is 17.5 Å². The second-order valence-corrected chi connectivity index (χ2v) is 3.53. The molecule has 0 aliphatic carbocycles. The number of rotatable bonds is 3. The molecule has 0 atom stereocenters. The zero-order valence-corrected chi connectivity index (χ0v) is 8.71. The van der Waals surface area contributed by atoms with Crippen LogP contribution in [0.25, 0.3) is 0 Å². The third kappa shape index (κ3) is 2.30. The Kier molecular flexibility index (Phi) is 2.86. The lowest BCUT2D eigenvalue weighted by atomic mass is 10.0. The number of hydrogen-bond donors (Lipinski definition) is 2. The van der Waals surface area contributed by atoms with Gasteiger partial charge in [-0.05, 0) is 23.8 Å². The molecule has 0 unspecified atom stereocenters. The number of nitrogens with one attached hydrogen (secondary N) is 1. The van der Waals surface area contributed by atoms with Crippen LogP contribution in [0.4, 0.5) is 14.6 Å². The molecule has 0 saturated heterocycles. The highest BCUT2D eigenvalue weighted by Gasteiger charge is 2.15. The van der Waals surface area contributed by atoms with Crippen LogP contribution in [0.15, 0.2) is 24.4 Å². The van der Waals surface area contributed by atoms with Crippen LogP contribution >= 0.6 is 0 Å². The third-order valence-corrected chi connectivity index (χ3v) is 2.33. The zero-order valence-electron chi connectivity index (χ0n) is 8.71. The van der Waals surface area contributed by atoms with Gasteiger partial charge in [-0.2, -0.15) is 5.10 Å². The zero-order chi connectivity index (χ0) is 12.4. The first-order valence-corrected chi connectivity index (χ1v) is 4.84. The maximum absolute atomic E-state index is 13.3. The van der Waals surface area contributed by atoms with Crippen molar-refractivity contribution in [2.45, 2.75) is 6.42 Å². The summed E-state index contributed by atoms with van der Waals surface area (Å²) < 4.78 is 26.2. The molecule has 0 spiro atoms. The van der Waals surface area contributed by atoms with Crippen molar-refractivity contribution in [3.05, 3.63) is 47.2 Å². The summed E-state index contributed by atoms with van der Waals surface area (Å²) in [6.45, 7) is 0. The summed E-state index contributed by atoms with van der Waals surface area (Å²) in [5, 5.41) is 5.99. The number of nitrogen functional groups attached to an aromatic ring is 1. The molecule has 0 radical (unpaired) electrons. The van der Waals surface area contributed by atoms with E-state index in [-0.39, 0.29) is 23.4 Å². The van der Waals surface area contributed by atoms with Gasteiger partial charge < -0.3 is 5.73 Å². The van der Waals surface area contributed by atoms with Crippen molar-refractivity contribution in [3.63, 3.8) is 0 Å². The smallest absolute Gasteiger partial charge is 0.172 e. The van der Waals surface area contributed by atoms with Crippen LogP contribution in [-0.2, 0) is 6.42 Å². The maximum Gasteiger partial charge on any atom is 0.172 e. The molecule has 0 aliphatic heterocycles. The molecule has 0 fully saturated rings. The molecule has 6 heteroatoms. The minimum atomic E-state index is -0.623. The fraction of sp³-hybridized carbons (Fsp3) is 0.0909. The number of ketones is 1. The molecule has 1 heterocycles. The molecule has 0 amide bonds. The van der Waals surface area contributed by atoms with Gasteiger partial charge in [-0.25, -0.2) is 8.78 Å². The number of Topliss-reactive ketones (excluding diaryl/α,β-unsaturated/α-hetero) is 1. The second kappa shape index (κ2) is 4.32. The molecular weight excluding hydrogens is 228 g/mol. The first-order valence-electron chi connectivity index (χ1n) is 4.84. The van der Waals surface area contributed by atoms with Gasteiger partial charge in [0.2, 0.25) is 0 Å². The average Bonchev–Trinajstić information content (AvgIpc) is 2.70. The third-order valence-electron chi connectivity index (χ3n) is 2.33. The van der Waals surface area contributed by atoms with Crippen LogP contribution in [0.5, 0.6) is 0 Å². The summed E-state index contributed by atoms with van der Waals surface area (Å²) in [6, 6.07) is 2.97. The van der Waals surface area contributed by atoms with Crippen LogP contribution in [0.1, 0.15) is 15.9 Å². The number of nitrogens with zero attached hydrogens (tertiary/aromatic N) is 1. The normalized spacial score (nSPS) is 10.5. The summed E-state index contributed by atoms with van der Waals surface area (Å²) in [6.07, 6.45) is 1.00. The Labute approximate surface area is 95.4 Å². The van der Waals surface area contributed by atoms with Gasteiger partial charge in [0.05, 0.1) is 11.8 Å². The monoisotopic (exact) mass is 237 g/mol. The van der Waals surface area contributed by atoms with E-state index in [4.69, 9.17) is 5.73 Å². The molecule has 2 rings (SSSR count). The Balaban J connectivity index is 2.24. The predicted octanol–water partition coefficient (Wildman–Crippen LogP) is 1.70. The number of halogens is 2. The number of carbonyl (C=O) groups excluding carboxylic acids is 1. The SMILES string of the molecule is Nc1[nH]ncc1C(=O)Cc1cc(F)ccc1F. The van der Waals surface area contributed by atoms with Crippen LogP contribution in [-0.4, -0.2) is 16.0 Å². The molecule has 17 heavy (non-hydrogen) atoms. The highest BCUT2D eigenvalue weighted by molar-refractivity contribution is 6.01. The van der Waals surface area contributed by atoms with E-state index in [0.717, 1.165) is 18.2 Å². The molecule has 4 nitrogen and oxygen atoms in total. The van der Waals surface area contributed by atoms with Crippen molar-refractivity contribution in [3.8, 4) is 0 Å². The van der Waals surface area contributed by atoms with E-state index in [0.29, 0.717) is 0 Å². The van der Waals surface area contributed by atoms with Crippen molar-refractivity contribution >= 4 is 11.6 Å². The van der Waals surface area contributed by atoms with Gasteiger partial charge in [0, 0.05) is 6.42 Å². The van der Waals surface area contributed by atoms with Crippen molar-refractivity contribution in [1.82, 2.24) is 10.2 Å².